The number of rotatable bonds is 6. The summed E-state index contributed by atoms with van der Waals surface area (Å²) in [6.07, 6.45) is 0. The number of phenolic OH excluding ortho intramolecular Hbond substituents is 1. The Morgan fingerprint density at radius 2 is 1.50 bits per heavy atom. The van der Waals surface area contributed by atoms with Crippen LogP contribution in [0.25, 0.3) is 0 Å². The lowest BCUT2D eigenvalue weighted by Crippen LogP contribution is -2.18. The van der Waals surface area contributed by atoms with Crippen LogP contribution >= 0.6 is 0 Å². The number of nitrogens with zero attached hydrogens (tertiary/aromatic N) is 1. The van der Waals surface area contributed by atoms with Crippen molar-refractivity contribution in [1.82, 2.24) is 0 Å². The van der Waals surface area contributed by atoms with Crippen molar-refractivity contribution in [3.8, 4) is 11.5 Å². The van der Waals surface area contributed by atoms with E-state index < -0.39 is 4.92 Å². The van der Waals surface area contributed by atoms with Crippen LogP contribution in [0.3, 0.4) is 0 Å². The van der Waals surface area contributed by atoms with E-state index in [9.17, 15) is 15.2 Å². The summed E-state index contributed by atoms with van der Waals surface area (Å²) in [5.74, 6) is 1.05. The first-order valence-corrected chi connectivity index (χ1v) is 9.38. The molecule has 0 aliphatic carbocycles. The maximum atomic E-state index is 10.8. The van der Waals surface area contributed by atoms with Gasteiger partial charge in [-0.1, -0.05) is 41.5 Å². The highest BCUT2D eigenvalue weighted by Gasteiger charge is 2.26. The zero-order chi connectivity index (χ0) is 21.1. The summed E-state index contributed by atoms with van der Waals surface area (Å²) in [6, 6.07) is 10.1. The molecule has 2 aromatic rings. The highest BCUT2D eigenvalue weighted by molar-refractivity contribution is 5.52. The van der Waals surface area contributed by atoms with Crippen molar-refractivity contribution in [2.75, 3.05) is 18.5 Å². The van der Waals surface area contributed by atoms with Crippen LogP contribution in [-0.4, -0.2) is 23.2 Å². The van der Waals surface area contributed by atoms with Gasteiger partial charge in [0.2, 0.25) is 0 Å². The molecule has 152 valence electrons. The number of nitrogens with one attached hydrogen (secondary N) is 1. The van der Waals surface area contributed by atoms with Crippen molar-refractivity contribution in [1.29, 1.82) is 0 Å². The highest BCUT2D eigenvalue weighted by Crippen LogP contribution is 2.41. The number of anilines is 1. The van der Waals surface area contributed by atoms with E-state index in [4.69, 9.17) is 4.74 Å². The molecule has 0 amide bonds. The van der Waals surface area contributed by atoms with Crippen LogP contribution in [0.1, 0.15) is 52.7 Å². The highest BCUT2D eigenvalue weighted by atomic mass is 16.6. The summed E-state index contributed by atoms with van der Waals surface area (Å²) in [5.41, 5.74) is 2.17. The van der Waals surface area contributed by atoms with Gasteiger partial charge in [0, 0.05) is 35.5 Å². The lowest BCUT2D eigenvalue weighted by atomic mass is 9.79. The van der Waals surface area contributed by atoms with Crippen LogP contribution in [0.4, 0.5) is 11.4 Å². The molecule has 0 radical (unpaired) electrons. The Kier molecular flexibility index (Phi) is 6.22. The van der Waals surface area contributed by atoms with Crippen LogP contribution < -0.4 is 10.1 Å². The van der Waals surface area contributed by atoms with E-state index in [0.29, 0.717) is 18.9 Å². The summed E-state index contributed by atoms with van der Waals surface area (Å²) in [6.45, 7) is 13.4. The first-order valence-electron chi connectivity index (χ1n) is 9.38. The first kappa shape index (κ1) is 21.5. The average molecular weight is 386 g/mol. The maximum Gasteiger partial charge on any atom is 0.269 e. The Balaban J connectivity index is 2.08. The summed E-state index contributed by atoms with van der Waals surface area (Å²) in [7, 11) is 0. The lowest BCUT2D eigenvalue weighted by molar-refractivity contribution is -0.384. The number of hydrogen-bond donors (Lipinski definition) is 2. The Hall–Kier alpha value is -2.76. The fourth-order valence-corrected chi connectivity index (χ4v) is 2.90. The molecule has 0 spiro atoms. The largest absolute Gasteiger partial charge is 0.507 e. The van der Waals surface area contributed by atoms with Crippen molar-refractivity contribution in [2.24, 2.45) is 0 Å². The minimum Gasteiger partial charge on any atom is -0.507 e. The molecule has 28 heavy (non-hydrogen) atoms. The summed E-state index contributed by atoms with van der Waals surface area (Å²) >= 11 is 0. The standard InChI is InChI=1S/C22H30N2O4/c1-21(2,3)18-13-17(14-19(20(18)25)22(4,5)6)28-12-11-23-15-7-9-16(10-8-15)24(26)27/h7-10,13-14,23,25H,11-12H2,1-6H3. The molecule has 0 saturated heterocycles. The molecule has 2 rings (SSSR count). The van der Waals surface area contributed by atoms with Crippen molar-refractivity contribution in [2.45, 2.75) is 52.4 Å². The van der Waals surface area contributed by atoms with Gasteiger partial charge in [-0.2, -0.15) is 0 Å². The maximum absolute atomic E-state index is 10.8. The normalized spacial score (nSPS) is 11.9. The lowest BCUT2D eigenvalue weighted by Gasteiger charge is -2.28. The minimum atomic E-state index is -0.419. The third kappa shape index (κ3) is 5.38. The van der Waals surface area contributed by atoms with Gasteiger partial charge in [-0.3, -0.25) is 10.1 Å². The molecule has 0 saturated carbocycles. The summed E-state index contributed by atoms with van der Waals surface area (Å²) in [4.78, 5) is 10.3. The first-order chi connectivity index (χ1) is 12.9. The van der Waals surface area contributed by atoms with Gasteiger partial charge in [0.15, 0.2) is 0 Å². The van der Waals surface area contributed by atoms with Crippen molar-refractivity contribution in [3.63, 3.8) is 0 Å². The van der Waals surface area contributed by atoms with E-state index in [1.54, 1.807) is 12.1 Å². The number of nitro benzene ring substituents is 1. The second-order valence-corrected chi connectivity index (χ2v) is 8.95. The van der Waals surface area contributed by atoms with E-state index in [1.807, 2.05) is 12.1 Å². The number of aromatic hydroxyl groups is 1. The molecule has 0 bridgehead atoms. The van der Waals surface area contributed by atoms with Crippen LogP contribution in [0, 0.1) is 10.1 Å². The SMILES string of the molecule is CC(C)(C)c1cc(OCCNc2ccc([N+](=O)[O-])cc2)cc(C(C)(C)C)c1O. The predicted octanol–water partition coefficient (Wildman–Crippen LogP) is 5.39. The van der Waals surface area contributed by atoms with Gasteiger partial charge >= 0.3 is 0 Å². The van der Waals surface area contributed by atoms with Gasteiger partial charge < -0.3 is 15.2 Å². The molecule has 0 atom stereocenters. The van der Waals surface area contributed by atoms with Gasteiger partial charge in [0.1, 0.15) is 18.1 Å². The Labute approximate surface area is 166 Å². The summed E-state index contributed by atoms with van der Waals surface area (Å²) in [5, 5.41) is 24.6. The van der Waals surface area contributed by atoms with Gasteiger partial charge in [-0.05, 0) is 35.1 Å². The molecule has 0 aliphatic heterocycles. The number of benzene rings is 2. The van der Waals surface area contributed by atoms with Crippen molar-refractivity contribution in [3.05, 3.63) is 57.6 Å². The fourth-order valence-electron chi connectivity index (χ4n) is 2.90. The van der Waals surface area contributed by atoms with E-state index in [1.165, 1.54) is 12.1 Å². The molecule has 0 aliphatic rings. The number of hydrogen-bond acceptors (Lipinski definition) is 5. The molecule has 0 heterocycles. The van der Waals surface area contributed by atoms with E-state index in [-0.39, 0.29) is 16.5 Å². The quantitative estimate of drug-likeness (QED) is 0.395. The van der Waals surface area contributed by atoms with Crippen LogP contribution in [0.15, 0.2) is 36.4 Å². The molecule has 0 aromatic heterocycles. The molecule has 0 unspecified atom stereocenters. The van der Waals surface area contributed by atoms with Gasteiger partial charge in [-0.15, -0.1) is 0 Å². The molecule has 6 nitrogen and oxygen atoms in total. The van der Waals surface area contributed by atoms with Crippen LogP contribution in [-0.2, 0) is 10.8 Å². The molecule has 0 fully saturated rings. The zero-order valence-electron chi connectivity index (χ0n) is 17.5. The van der Waals surface area contributed by atoms with Crippen molar-refractivity contribution < 1.29 is 14.8 Å². The Bertz CT molecular complexity index is 796. The second-order valence-electron chi connectivity index (χ2n) is 8.95. The second kappa shape index (κ2) is 8.09. The van der Waals surface area contributed by atoms with Gasteiger partial charge in [-0.25, -0.2) is 0 Å². The van der Waals surface area contributed by atoms with Crippen LogP contribution in [0.5, 0.6) is 11.5 Å². The van der Waals surface area contributed by atoms with E-state index >= 15 is 0 Å². The third-order valence-corrected chi connectivity index (χ3v) is 4.48. The fraction of sp³-hybridized carbons (Fsp3) is 0.455. The molecule has 6 heteroatoms. The molecular formula is C22H30N2O4. The average Bonchev–Trinajstić information content (AvgIpc) is 2.58. The zero-order valence-corrected chi connectivity index (χ0v) is 17.5. The predicted molar refractivity (Wildman–Crippen MR) is 113 cm³/mol. The number of non-ortho nitro benzene ring substituents is 1. The Morgan fingerprint density at radius 1 is 1.00 bits per heavy atom. The van der Waals surface area contributed by atoms with Crippen molar-refractivity contribution >= 4 is 11.4 Å². The minimum absolute atomic E-state index is 0.0651. The topological polar surface area (TPSA) is 84.6 Å². The van der Waals surface area contributed by atoms with Gasteiger partial charge in [0.25, 0.3) is 5.69 Å². The Morgan fingerprint density at radius 3 is 1.93 bits per heavy atom. The number of phenols is 1. The van der Waals surface area contributed by atoms with Gasteiger partial charge in [0.05, 0.1) is 4.92 Å². The monoisotopic (exact) mass is 386 g/mol. The smallest absolute Gasteiger partial charge is 0.269 e. The van der Waals surface area contributed by atoms with E-state index in [0.717, 1.165) is 22.6 Å². The third-order valence-electron chi connectivity index (χ3n) is 4.48. The summed E-state index contributed by atoms with van der Waals surface area (Å²) < 4.78 is 5.93. The molecule has 2 N–H and O–H groups in total. The molecular weight excluding hydrogens is 356 g/mol. The van der Waals surface area contributed by atoms with Crippen LogP contribution in [0.2, 0.25) is 0 Å². The number of nitro groups is 1. The molecule has 2 aromatic carbocycles. The van der Waals surface area contributed by atoms with E-state index in [2.05, 4.69) is 46.9 Å². The number of ether oxygens (including phenoxy) is 1.